The Morgan fingerprint density at radius 3 is 2.13 bits per heavy atom. The number of anilines is 2. The number of para-hydroxylation sites is 2. The Morgan fingerprint density at radius 1 is 0.778 bits per heavy atom. The van der Waals surface area contributed by atoms with Crippen molar-refractivity contribution in [2.24, 2.45) is 0 Å². The third-order valence-corrected chi connectivity index (χ3v) is 7.21. The zero-order valence-electron chi connectivity index (χ0n) is 24.6. The summed E-state index contributed by atoms with van der Waals surface area (Å²) in [5, 5.41) is 13.0. The van der Waals surface area contributed by atoms with Crippen molar-refractivity contribution < 1.29 is 24.2 Å². The first-order valence-electron chi connectivity index (χ1n) is 14.7. The van der Waals surface area contributed by atoms with Crippen LogP contribution in [0.2, 0.25) is 0 Å². The number of carbonyl (C=O) groups is 3. The highest BCUT2D eigenvalue weighted by Crippen LogP contribution is 2.22. The molecule has 8 nitrogen and oxygen atoms in total. The number of aromatic nitrogens is 1. The fourth-order valence-corrected chi connectivity index (χ4v) is 4.91. The largest absolute Gasteiger partial charge is 0.494 e. The van der Waals surface area contributed by atoms with Gasteiger partial charge in [0.05, 0.1) is 12.2 Å². The van der Waals surface area contributed by atoms with Crippen molar-refractivity contribution >= 4 is 29.0 Å². The van der Waals surface area contributed by atoms with Crippen molar-refractivity contribution in [2.45, 2.75) is 18.9 Å². The molecule has 226 valence electrons. The van der Waals surface area contributed by atoms with E-state index in [1.165, 1.54) is 0 Å². The Bertz CT molecular complexity index is 1710. The van der Waals surface area contributed by atoms with E-state index in [1.54, 1.807) is 90.1 Å². The topological polar surface area (TPSA) is 109 Å². The van der Waals surface area contributed by atoms with E-state index in [4.69, 9.17) is 4.74 Å². The number of amides is 1. The van der Waals surface area contributed by atoms with Crippen LogP contribution in [-0.2, 0) is 11.2 Å². The lowest BCUT2D eigenvalue weighted by atomic mass is 10.00. The molecule has 0 saturated heterocycles. The summed E-state index contributed by atoms with van der Waals surface area (Å²) in [4.78, 5) is 44.3. The Balaban J connectivity index is 1.18. The number of nitrogens with one attached hydrogen (secondary N) is 1. The summed E-state index contributed by atoms with van der Waals surface area (Å²) >= 11 is 0. The lowest BCUT2D eigenvalue weighted by Crippen LogP contribution is -2.32. The van der Waals surface area contributed by atoms with Crippen LogP contribution in [-0.4, -0.2) is 46.9 Å². The van der Waals surface area contributed by atoms with Gasteiger partial charge in [-0.05, 0) is 60.5 Å². The van der Waals surface area contributed by atoms with Crippen LogP contribution in [0.3, 0.4) is 0 Å². The Labute approximate surface area is 262 Å². The number of carboxylic acids is 1. The smallest absolute Gasteiger partial charge is 0.326 e. The molecule has 0 radical (unpaired) electrons. The molecule has 8 heteroatoms. The van der Waals surface area contributed by atoms with E-state index in [1.807, 2.05) is 48.5 Å². The first-order valence-corrected chi connectivity index (χ1v) is 14.7. The number of aliphatic carboxylic acids is 1. The van der Waals surface area contributed by atoms with Crippen LogP contribution in [0, 0.1) is 0 Å². The summed E-state index contributed by atoms with van der Waals surface area (Å²) in [6.45, 7) is 0.838. The van der Waals surface area contributed by atoms with E-state index in [-0.39, 0.29) is 18.1 Å². The van der Waals surface area contributed by atoms with Gasteiger partial charge in [-0.3, -0.25) is 14.6 Å². The molecule has 5 aromatic rings. The molecule has 4 aromatic carbocycles. The van der Waals surface area contributed by atoms with Crippen molar-refractivity contribution in [2.75, 3.05) is 23.4 Å². The number of carbonyl (C=O) groups excluding carboxylic acids is 2. The third kappa shape index (κ3) is 8.20. The van der Waals surface area contributed by atoms with Crippen LogP contribution in [0.1, 0.15) is 38.3 Å². The number of ketones is 1. The van der Waals surface area contributed by atoms with Gasteiger partial charge in [0.1, 0.15) is 11.8 Å². The maximum atomic E-state index is 13.2. The summed E-state index contributed by atoms with van der Waals surface area (Å²) in [5.41, 5.74) is 3.51. The zero-order chi connectivity index (χ0) is 31.4. The molecule has 1 aromatic heterocycles. The molecule has 0 aliphatic rings. The second-order valence-corrected chi connectivity index (χ2v) is 10.4. The van der Waals surface area contributed by atoms with E-state index in [9.17, 15) is 19.5 Å². The Hall–Kier alpha value is -5.76. The van der Waals surface area contributed by atoms with Crippen molar-refractivity contribution in [3.05, 3.63) is 156 Å². The van der Waals surface area contributed by atoms with Gasteiger partial charge < -0.3 is 20.1 Å². The Morgan fingerprint density at radius 2 is 1.44 bits per heavy atom. The molecule has 0 unspecified atom stereocenters. The molecule has 1 heterocycles. The van der Waals surface area contributed by atoms with E-state index in [2.05, 4.69) is 10.3 Å². The van der Waals surface area contributed by atoms with Crippen LogP contribution in [0.4, 0.5) is 11.4 Å². The predicted octanol–water partition coefficient (Wildman–Crippen LogP) is 6.54. The van der Waals surface area contributed by atoms with Gasteiger partial charge >= 0.3 is 5.97 Å². The molecule has 0 fully saturated rings. The average Bonchev–Trinajstić information content (AvgIpc) is 3.09. The lowest BCUT2D eigenvalue weighted by Gasteiger charge is -2.23. The maximum absolute atomic E-state index is 13.2. The van der Waals surface area contributed by atoms with E-state index in [0.717, 1.165) is 11.3 Å². The van der Waals surface area contributed by atoms with E-state index < -0.39 is 12.0 Å². The van der Waals surface area contributed by atoms with E-state index in [0.29, 0.717) is 47.7 Å². The van der Waals surface area contributed by atoms with Gasteiger partial charge in [0, 0.05) is 47.9 Å². The lowest BCUT2D eigenvalue weighted by molar-refractivity contribution is -0.137. The molecular weight excluding hydrogens is 566 g/mol. The van der Waals surface area contributed by atoms with Crippen molar-refractivity contribution in [1.29, 1.82) is 0 Å². The molecule has 0 aliphatic carbocycles. The predicted molar refractivity (Wildman–Crippen MR) is 174 cm³/mol. The average molecular weight is 600 g/mol. The van der Waals surface area contributed by atoms with Crippen LogP contribution in [0.5, 0.6) is 5.75 Å². The van der Waals surface area contributed by atoms with Gasteiger partial charge in [-0.1, -0.05) is 72.8 Å². The van der Waals surface area contributed by atoms with Crippen molar-refractivity contribution in [3.63, 3.8) is 0 Å². The van der Waals surface area contributed by atoms with Crippen LogP contribution in [0.15, 0.2) is 134 Å². The molecule has 45 heavy (non-hydrogen) atoms. The molecule has 0 bridgehead atoms. The summed E-state index contributed by atoms with van der Waals surface area (Å²) in [5.74, 6) is -0.701. The Kier molecular flexibility index (Phi) is 10.3. The standard InChI is InChI=1S/C37H33N3O5/c41-35(28-11-3-1-4-12-28)32-16-7-8-17-33(32)39-34(37(43)44)25-27-18-20-31(21-19-27)45-24-10-23-40(30-14-5-2-6-15-30)36(42)29-13-9-22-38-26-29/h1-9,11-22,26,34,39H,10,23-25H2,(H,43,44)/t34-/m0/s1. The number of carboxylic acid groups (broad SMARTS) is 1. The van der Waals surface area contributed by atoms with Crippen LogP contribution in [0.25, 0.3) is 0 Å². The van der Waals surface area contributed by atoms with Gasteiger partial charge in [0.25, 0.3) is 5.91 Å². The molecule has 0 spiro atoms. The minimum Gasteiger partial charge on any atom is -0.494 e. The number of benzene rings is 4. The first kappa shape index (κ1) is 30.7. The van der Waals surface area contributed by atoms with Gasteiger partial charge in [0.15, 0.2) is 5.78 Å². The highest BCUT2D eigenvalue weighted by molar-refractivity contribution is 6.12. The molecule has 1 atom stereocenters. The number of hydrogen-bond acceptors (Lipinski definition) is 6. The zero-order valence-corrected chi connectivity index (χ0v) is 24.6. The maximum Gasteiger partial charge on any atom is 0.326 e. The molecule has 0 saturated carbocycles. The first-order chi connectivity index (χ1) is 22.0. The van der Waals surface area contributed by atoms with Gasteiger partial charge in [-0.15, -0.1) is 0 Å². The third-order valence-electron chi connectivity index (χ3n) is 7.21. The fourth-order valence-electron chi connectivity index (χ4n) is 4.91. The molecule has 5 rings (SSSR count). The number of nitrogens with zero attached hydrogens (tertiary/aromatic N) is 2. The van der Waals surface area contributed by atoms with Gasteiger partial charge in [-0.25, -0.2) is 4.79 Å². The summed E-state index contributed by atoms with van der Waals surface area (Å²) in [6.07, 6.45) is 3.99. The number of pyridine rings is 1. The summed E-state index contributed by atoms with van der Waals surface area (Å²) in [7, 11) is 0. The van der Waals surface area contributed by atoms with Crippen molar-refractivity contribution in [1.82, 2.24) is 4.98 Å². The molecule has 1 amide bonds. The van der Waals surface area contributed by atoms with E-state index >= 15 is 0 Å². The number of rotatable bonds is 14. The second-order valence-electron chi connectivity index (χ2n) is 10.4. The second kappa shape index (κ2) is 15.1. The van der Waals surface area contributed by atoms with Crippen LogP contribution < -0.4 is 15.0 Å². The summed E-state index contributed by atoms with van der Waals surface area (Å²) in [6, 6.07) is 35.1. The molecule has 0 aliphatic heterocycles. The number of hydrogen-bond donors (Lipinski definition) is 2. The van der Waals surface area contributed by atoms with Gasteiger partial charge in [0.2, 0.25) is 0 Å². The quantitative estimate of drug-likeness (QED) is 0.110. The minimum atomic E-state index is -1.03. The van der Waals surface area contributed by atoms with Crippen molar-refractivity contribution in [3.8, 4) is 5.75 Å². The molecule has 2 N–H and O–H groups in total. The fraction of sp³-hybridized carbons (Fsp3) is 0.135. The highest BCUT2D eigenvalue weighted by atomic mass is 16.5. The number of ether oxygens (including phenoxy) is 1. The SMILES string of the molecule is O=C(c1ccccc1)c1ccccc1N[C@@H](Cc1ccc(OCCCN(C(=O)c2cccnc2)c2ccccc2)cc1)C(=O)O. The normalized spacial score (nSPS) is 11.3. The minimum absolute atomic E-state index is 0.132. The highest BCUT2D eigenvalue weighted by Gasteiger charge is 2.22. The summed E-state index contributed by atoms with van der Waals surface area (Å²) < 4.78 is 5.95. The molecular formula is C37H33N3O5. The van der Waals surface area contributed by atoms with Crippen LogP contribution >= 0.6 is 0 Å². The van der Waals surface area contributed by atoms with Gasteiger partial charge in [-0.2, -0.15) is 0 Å². The monoisotopic (exact) mass is 599 g/mol.